The van der Waals surface area contributed by atoms with Gasteiger partial charge in [-0.2, -0.15) is 18.4 Å². The molecule has 49 heavy (non-hydrogen) atoms. The third kappa shape index (κ3) is 4.88. The SMILES string of the molecule is Cc1cc(-c2cc(-n3c4ccc(C)cc4c4cc(C)ccc43)c(C#N)cc2-n2c3ccc(C)cc3c3cc(C)ccc32)cc(C(F)(F)F)c1. The second-order valence-electron chi connectivity index (χ2n) is 13.3. The van der Waals surface area contributed by atoms with E-state index in [0.717, 1.165) is 65.9 Å². The van der Waals surface area contributed by atoms with Crippen LogP contribution in [-0.2, 0) is 6.18 Å². The molecule has 0 aliphatic heterocycles. The summed E-state index contributed by atoms with van der Waals surface area (Å²) in [6, 6.07) is 35.4. The highest BCUT2D eigenvalue weighted by Crippen LogP contribution is 2.42. The Balaban J connectivity index is 1.55. The van der Waals surface area contributed by atoms with Crippen molar-refractivity contribution in [2.75, 3.05) is 0 Å². The zero-order valence-electron chi connectivity index (χ0n) is 27.8. The van der Waals surface area contributed by atoms with Crippen LogP contribution in [0, 0.1) is 45.9 Å². The highest BCUT2D eigenvalue weighted by molar-refractivity contribution is 6.11. The first-order valence-electron chi connectivity index (χ1n) is 16.2. The third-order valence-corrected chi connectivity index (χ3v) is 9.58. The fourth-order valence-corrected chi connectivity index (χ4v) is 7.39. The summed E-state index contributed by atoms with van der Waals surface area (Å²) in [5.74, 6) is 0. The van der Waals surface area contributed by atoms with E-state index in [4.69, 9.17) is 0 Å². The Morgan fingerprint density at radius 1 is 0.490 bits per heavy atom. The molecule has 0 unspecified atom stereocenters. The first kappa shape index (κ1) is 30.5. The summed E-state index contributed by atoms with van der Waals surface area (Å²) < 4.78 is 47.1. The van der Waals surface area contributed by atoms with Crippen molar-refractivity contribution in [2.24, 2.45) is 0 Å². The minimum Gasteiger partial charge on any atom is -0.309 e. The van der Waals surface area contributed by atoms with Crippen LogP contribution in [-0.4, -0.2) is 9.13 Å². The molecule has 240 valence electrons. The van der Waals surface area contributed by atoms with Crippen molar-refractivity contribution < 1.29 is 13.2 Å². The average molecular weight is 648 g/mol. The van der Waals surface area contributed by atoms with Crippen molar-refractivity contribution in [1.29, 1.82) is 5.26 Å². The van der Waals surface area contributed by atoms with Gasteiger partial charge in [0, 0.05) is 27.1 Å². The highest BCUT2D eigenvalue weighted by Gasteiger charge is 2.32. The molecule has 8 aromatic rings. The lowest BCUT2D eigenvalue weighted by Crippen LogP contribution is -2.07. The molecule has 6 aromatic carbocycles. The summed E-state index contributed by atoms with van der Waals surface area (Å²) in [6.45, 7) is 9.89. The molecule has 2 aromatic heterocycles. The molecule has 6 heteroatoms. The number of hydrogen-bond donors (Lipinski definition) is 0. The van der Waals surface area contributed by atoms with Crippen molar-refractivity contribution in [1.82, 2.24) is 9.13 Å². The molecule has 0 aliphatic rings. The van der Waals surface area contributed by atoms with Gasteiger partial charge in [-0.1, -0.05) is 52.6 Å². The van der Waals surface area contributed by atoms with E-state index in [0.29, 0.717) is 33.6 Å². The number of nitriles is 1. The lowest BCUT2D eigenvalue weighted by molar-refractivity contribution is -0.137. The van der Waals surface area contributed by atoms with E-state index in [9.17, 15) is 18.4 Å². The van der Waals surface area contributed by atoms with Gasteiger partial charge in [0.15, 0.2) is 0 Å². The Morgan fingerprint density at radius 2 is 0.918 bits per heavy atom. The number of rotatable bonds is 3. The standard InChI is InChI=1S/C43H32F3N3/c1-24-6-10-37-33(16-24)34-17-25(2)7-11-38(34)48(37)41-22-32(29-14-28(5)15-31(20-29)43(44,45)46)42(21-30(41)23-47)49-39-12-8-26(3)18-35(39)36-19-27(4)9-13-40(36)49/h6-22H,1-5H3. The molecular weight excluding hydrogens is 615 g/mol. The number of aromatic nitrogens is 2. The first-order valence-corrected chi connectivity index (χ1v) is 16.2. The van der Waals surface area contributed by atoms with Crippen LogP contribution in [0.3, 0.4) is 0 Å². The van der Waals surface area contributed by atoms with Crippen molar-refractivity contribution in [3.63, 3.8) is 0 Å². The van der Waals surface area contributed by atoms with Crippen LogP contribution < -0.4 is 0 Å². The van der Waals surface area contributed by atoms with Crippen LogP contribution in [0.4, 0.5) is 13.2 Å². The van der Waals surface area contributed by atoms with Gasteiger partial charge in [-0.3, -0.25) is 0 Å². The minimum absolute atomic E-state index is 0.414. The maximum atomic E-state index is 14.3. The van der Waals surface area contributed by atoms with Crippen molar-refractivity contribution in [3.8, 4) is 28.6 Å². The largest absolute Gasteiger partial charge is 0.416 e. The molecule has 0 amide bonds. The van der Waals surface area contributed by atoms with Crippen molar-refractivity contribution in [2.45, 2.75) is 40.8 Å². The van der Waals surface area contributed by atoms with E-state index in [-0.39, 0.29) is 0 Å². The van der Waals surface area contributed by atoms with Gasteiger partial charge in [-0.05, 0) is 119 Å². The van der Waals surface area contributed by atoms with Crippen molar-refractivity contribution in [3.05, 3.63) is 142 Å². The Kier molecular flexibility index (Phi) is 6.77. The van der Waals surface area contributed by atoms with Gasteiger partial charge < -0.3 is 9.13 Å². The van der Waals surface area contributed by atoms with Crippen LogP contribution in [0.15, 0.2) is 103 Å². The second kappa shape index (κ2) is 10.9. The summed E-state index contributed by atoms with van der Waals surface area (Å²) >= 11 is 0. The minimum atomic E-state index is -4.53. The van der Waals surface area contributed by atoms with Gasteiger partial charge >= 0.3 is 6.18 Å². The topological polar surface area (TPSA) is 33.6 Å². The van der Waals surface area contributed by atoms with Gasteiger partial charge in [0.1, 0.15) is 6.07 Å². The predicted octanol–water partition coefficient (Wildman–Crippen LogP) is 12.0. The fourth-order valence-electron chi connectivity index (χ4n) is 7.39. The highest BCUT2D eigenvalue weighted by atomic mass is 19.4. The van der Waals surface area contributed by atoms with Gasteiger partial charge in [-0.15, -0.1) is 0 Å². The number of halogens is 3. The molecule has 0 N–H and O–H groups in total. The number of alkyl halides is 3. The Labute approximate surface area is 282 Å². The molecule has 0 saturated heterocycles. The first-order chi connectivity index (χ1) is 23.4. The van der Waals surface area contributed by atoms with Crippen molar-refractivity contribution >= 4 is 43.6 Å². The molecule has 2 heterocycles. The lowest BCUT2D eigenvalue weighted by atomic mass is 9.96. The van der Waals surface area contributed by atoms with Gasteiger partial charge in [0.25, 0.3) is 0 Å². The molecule has 0 fully saturated rings. The molecule has 3 nitrogen and oxygen atoms in total. The maximum absolute atomic E-state index is 14.3. The zero-order valence-corrected chi connectivity index (χ0v) is 27.8. The number of benzene rings is 6. The van der Waals surface area contributed by atoms with Gasteiger partial charge in [0.05, 0.1) is 44.6 Å². The van der Waals surface area contributed by atoms with Crippen LogP contribution in [0.5, 0.6) is 0 Å². The van der Waals surface area contributed by atoms with E-state index in [1.807, 2.05) is 50.2 Å². The molecule has 0 saturated carbocycles. The smallest absolute Gasteiger partial charge is 0.309 e. The Hall–Kier alpha value is -5.80. The van der Waals surface area contributed by atoms with Crippen LogP contribution >= 0.6 is 0 Å². The van der Waals surface area contributed by atoms with Crippen LogP contribution in [0.25, 0.3) is 66.1 Å². The van der Waals surface area contributed by atoms with Crippen LogP contribution in [0.1, 0.15) is 38.9 Å². The molecule has 0 aliphatic carbocycles. The molecular formula is C43H32F3N3. The molecule has 0 bridgehead atoms. The van der Waals surface area contributed by atoms with Gasteiger partial charge in [-0.25, -0.2) is 0 Å². The number of nitrogens with zero attached hydrogens (tertiary/aromatic N) is 3. The number of fused-ring (bicyclic) bond motifs is 6. The van der Waals surface area contributed by atoms with E-state index in [1.54, 1.807) is 13.0 Å². The Morgan fingerprint density at radius 3 is 1.33 bits per heavy atom. The van der Waals surface area contributed by atoms with Gasteiger partial charge in [0.2, 0.25) is 0 Å². The van der Waals surface area contributed by atoms with E-state index in [1.165, 1.54) is 12.1 Å². The second-order valence-corrected chi connectivity index (χ2v) is 13.3. The van der Waals surface area contributed by atoms with E-state index < -0.39 is 11.7 Å². The van der Waals surface area contributed by atoms with E-state index >= 15 is 0 Å². The summed E-state index contributed by atoms with van der Waals surface area (Å²) in [4.78, 5) is 0. The quantitative estimate of drug-likeness (QED) is 0.188. The summed E-state index contributed by atoms with van der Waals surface area (Å²) in [7, 11) is 0. The average Bonchev–Trinajstić information content (AvgIpc) is 3.54. The third-order valence-electron chi connectivity index (χ3n) is 9.58. The molecule has 0 atom stereocenters. The summed E-state index contributed by atoms with van der Waals surface area (Å²) in [5, 5.41) is 15.0. The normalized spacial score (nSPS) is 12.1. The number of hydrogen-bond acceptors (Lipinski definition) is 1. The molecule has 8 rings (SSSR count). The Bertz CT molecular complexity index is 2600. The summed E-state index contributed by atoms with van der Waals surface area (Å²) in [5.41, 5.74) is 10.6. The monoisotopic (exact) mass is 647 g/mol. The number of aryl methyl sites for hydroxylation is 5. The predicted molar refractivity (Wildman–Crippen MR) is 194 cm³/mol. The summed E-state index contributed by atoms with van der Waals surface area (Å²) in [6.07, 6.45) is -4.53. The molecule has 0 spiro atoms. The maximum Gasteiger partial charge on any atom is 0.416 e. The van der Waals surface area contributed by atoms with Crippen LogP contribution in [0.2, 0.25) is 0 Å². The van der Waals surface area contributed by atoms with E-state index in [2.05, 4.69) is 77.6 Å². The zero-order chi connectivity index (χ0) is 34.4. The lowest BCUT2D eigenvalue weighted by Gasteiger charge is -2.20. The fraction of sp³-hybridized carbons (Fsp3) is 0.140. The molecule has 0 radical (unpaired) electrons.